The van der Waals surface area contributed by atoms with Crippen LogP contribution in [-0.2, 0) is 9.53 Å². The van der Waals surface area contributed by atoms with Gasteiger partial charge in [0.2, 0.25) is 0 Å². The second-order valence-corrected chi connectivity index (χ2v) is 4.27. The normalized spacial score (nSPS) is 23.8. The number of hydrogen-bond acceptors (Lipinski definition) is 2. The van der Waals surface area contributed by atoms with Crippen LogP contribution in [0, 0.1) is 11.3 Å². The zero-order valence-electron chi connectivity index (χ0n) is 8.71. The van der Waals surface area contributed by atoms with E-state index in [1.807, 2.05) is 0 Å². The zero-order chi connectivity index (χ0) is 9.73. The average molecular weight is 184 g/mol. The van der Waals surface area contributed by atoms with E-state index < -0.39 is 0 Å². The Kier molecular flexibility index (Phi) is 3.91. The van der Waals surface area contributed by atoms with Crippen molar-refractivity contribution >= 4 is 6.29 Å². The van der Waals surface area contributed by atoms with Gasteiger partial charge in [-0.05, 0) is 18.8 Å². The Bertz CT molecular complexity index is 159. The third kappa shape index (κ3) is 2.31. The topological polar surface area (TPSA) is 26.3 Å². The quantitative estimate of drug-likeness (QED) is 0.627. The van der Waals surface area contributed by atoms with Crippen molar-refractivity contribution in [1.29, 1.82) is 0 Å². The molecule has 1 rings (SSSR count). The summed E-state index contributed by atoms with van der Waals surface area (Å²) in [6.45, 7) is 2.84. The van der Waals surface area contributed by atoms with Crippen molar-refractivity contribution in [3.05, 3.63) is 0 Å². The summed E-state index contributed by atoms with van der Waals surface area (Å²) in [4.78, 5) is 11.1. The van der Waals surface area contributed by atoms with E-state index in [1.165, 1.54) is 25.5 Å². The molecule has 0 bridgehead atoms. The third-order valence-electron chi connectivity index (χ3n) is 3.42. The van der Waals surface area contributed by atoms with Crippen LogP contribution in [0.2, 0.25) is 0 Å². The van der Waals surface area contributed by atoms with Gasteiger partial charge >= 0.3 is 0 Å². The summed E-state index contributed by atoms with van der Waals surface area (Å²) >= 11 is 0. The van der Waals surface area contributed by atoms with E-state index in [0.29, 0.717) is 12.5 Å². The van der Waals surface area contributed by atoms with Crippen molar-refractivity contribution in [3.63, 3.8) is 0 Å². The molecule has 2 nitrogen and oxygen atoms in total. The fraction of sp³-hybridized carbons (Fsp3) is 0.909. The lowest BCUT2D eigenvalue weighted by Crippen LogP contribution is -2.35. The summed E-state index contributed by atoms with van der Waals surface area (Å²) in [6.07, 6.45) is 6.98. The number of ether oxygens (including phenoxy) is 1. The molecule has 0 saturated heterocycles. The molecule has 1 atom stereocenters. The van der Waals surface area contributed by atoms with Crippen molar-refractivity contribution < 1.29 is 9.53 Å². The maximum absolute atomic E-state index is 11.1. The van der Waals surface area contributed by atoms with Gasteiger partial charge in [-0.2, -0.15) is 0 Å². The van der Waals surface area contributed by atoms with Crippen molar-refractivity contribution in [1.82, 2.24) is 0 Å². The molecule has 0 N–H and O–H groups in total. The molecule has 2 heteroatoms. The molecule has 0 spiro atoms. The lowest BCUT2D eigenvalue weighted by Gasteiger charge is -2.37. The SMILES string of the molecule is COCC(C)C1(C=O)CCCCC1. The molecule has 0 amide bonds. The van der Waals surface area contributed by atoms with E-state index in [-0.39, 0.29) is 5.41 Å². The lowest BCUT2D eigenvalue weighted by atomic mass is 9.68. The monoisotopic (exact) mass is 184 g/mol. The first-order valence-electron chi connectivity index (χ1n) is 5.20. The molecule has 0 aliphatic heterocycles. The van der Waals surface area contributed by atoms with E-state index in [2.05, 4.69) is 6.92 Å². The molecular formula is C11H20O2. The van der Waals surface area contributed by atoms with Gasteiger partial charge in [0.05, 0.1) is 0 Å². The molecule has 0 heterocycles. The zero-order valence-corrected chi connectivity index (χ0v) is 8.71. The summed E-state index contributed by atoms with van der Waals surface area (Å²) in [7, 11) is 1.71. The largest absolute Gasteiger partial charge is 0.384 e. The number of carbonyl (C=O) groups is 1. The Hall–Kier alpha value is -0.370. The number of methoxy groups -OCH3 is 1. The van der Waals surface area contributed by atoms with Gasteiger partial charge < -0.3 is 9.53 Å². The van der Waals surface area contributed by atoms with Gasteiger partial charge in [0, 0.05) is 19.1 Å². The molecule has 1 aliphatic rings. The van der Waals surface area contributed by atoms with E-state index in [9.17, 15) is 4.79 Å². The minimum absolute atomic E-state index is 0.0751. The van der Waals surface area contributed by atoms with Crippen molar-refractivity contribution in [2.75, 3.05) is 13.7 Å². The van der Waals surface area contributed by atoms with Gasteiger partial charge in [0.25, 0.3) is 0 Å². The molecule has 1 saturated carbocycles. The Morgan fingerprint density at radius 2 is 2.00 bits per heavy atom. The maximum atomic E-state index is 11.1. The molecule has 0 aromatic carbocycles. The first-order chi connectivity index (χ1) is 6.25. The smallest absolute Gasteiger partial charge is 0.126 e. The third-order valence-corrected chi connectivity index (χ3v) is 3.42. The average Bonchev–Trinajstić information content (AvgIpc) is 2.19. The van der Waals surface area contributed by atoms with E-state index >= 15 is 0 Å². The molecule has 1 unspecified atom stereocenters. The Morgan fingerprint density at radius 1 is 1.38 bits per heavy atom. The van der Waals surface area contributed by atoms with Crippen molar-refractivity contribution in [3.8, 4) is 0 Å². The lowest BCUT2D eigenvalue weighted by molar-refractivity contribution is -0.122. The number of carbonyl (C=O) groups excluding carboxylic acids is 1. The van der Waals surface area contributed by atoms with Gasteiger partial charge in [-0.15, -0.1) is 0 Å². The van der Waals surface area contributed by atoms with Crippen LogP contribution >= 0.6 is 0 Å². The van der Waals surface area contributed by atoms with Gasteiger partial charge in [0.1, 0.15) is 6.29 Å². The molecular weight excluding hydrogens is 164 g/mol. The van der Waals surface area contributed by atoms with Gasteiger partial charge in [0.15, 0.2) is 0 Å². The highest BCUT2D eigenvalue weighted by molar-refractivity contribution is 5.60. The molecule has 0 radical (unpaired) electrons. The molecule has 1 aliphatic carbocycles. The highest BCUT2D eigenvalue weighted by atomic mass is 16.5. The second kappa shape index (κ2) is 4.75. The molecule has 0 aromatic heterocycles. The van der Waals surface area contributed by atoms with Crippen molar-refractivity contribution in [2.45, 2.75) is 39.0 Å². The van der Waals surface area contributed by atoms with Gasteiger partial charge in [-0.3, -0.25) is 0 Å². The summed E-state index contributed by atoms with van der Waals surface area (Å²) in [5.41, 5.74) is -0.0751. The summed E-state index contributed by atoms with van der Waals surface area (Å²) in [5, 5.41) is 0. The molecule has 1 fully saturated rings. The van der Waals surface area contributed by atoms with Crippen LogP contribution in [0.5, 0.6) is 0 Å². The fourth-order valence-corrected chi connectivity index (χ4v) is 2.35. The predicted molar refractivity (Wildman–Crippen MR) is 52.6 cm³/mol. The summed E-state index contributed by atoms with van der Waals surface area (Å²) in [5.74, 6) is 0.371. The molecule has 13 heavy (non-hydrogen) atoms. The molecule has 0 aromatic rings. The van der Waals surface area contributed by atoms with Crippen LogP contribution in [0.3, 0.4) is 0 Å². The first-order valence-corrected chi connectivity index (χ1v) is 5.20. The van der Waals surface area contributed by atoms with Crippen LogP contribution in [0.1, 0.15) is 39.0 Å². The Balaban J connectivity index is 2.60. The standard InChI is InChI=1S/C11H20O2/c1-10(8-13-2)11(9-12)6-4-3-5-7-11/h9-10H,3-8H2,1-2H3. The van der Waals surface area contributed by atoms with Crippen LogP contribution in [0.15, 0.2) is 0 Å². The van der Waals surface area contributed by atoms with Crippen LogP contribution < -0.4 is 0 Å². The fourth-order valence-electron chi connectivity index (χ4n) is 2.35. The Labute approximate surface area is 80.7 Å². The minimum Gasteiger partial charge on any atom is -0.384 e. The van der Waals surface area contributed by atoms with Crippen LogP contribution in [0.25, 0.3) is 0 Å². The summed E-state index contributed by atoms with van der Waals surface area (Å²) in [6, 6.07) is 0. The van der Waals surface area contributed by atoms with Gasteiger partial charge in [-0.1, -0.05) is 26.2 Å². The first kappa shape index (κ1) is 10.7. The Morgan fingerprint density at radius 3 is 2.46 bits per heavy atom. The minimum atomic E-state index is -0.0751. The summed E-state index contributed by atoms with van der Waals surface area (Å²) < 4.78 is 5.12. The van der Waals surface area contributed by atoms with Gasteiger partial charge in [-0.25, -0.2) is 0 Å². The predicted octanol–water partition coefficient (Wildman–Crippen LogP) is 2.42. The van der Waals surface area contributed by atoms with Crippen molar-refractivity contribution in [2.24, 2.45) is 11.3 Å². The van der Waals surface area contributed by atoms with E-state index in [4.69, 9.17) is 4.74 Å². The van der Waals surface area contributed by atoms with Crippen LogP contribution in [-0.4, -0.2) is 20.0 Å². The highest BCUT2D eigenvalue weighted by Crippen LogP contribution is 2.40. The van der Waals surface area contributed by atoms with E-state index in [1.54, 1.807) is 7.11 Å². The maximum Gasteiger partial charge on any atom is 0.126 e. The number of hydrogen-bond donors (Lipinski definition) is 0. The molecule has 76 valence electrons. The van der Waals surface area contributed by atoms with Crippen LogP contribution in [0.4, 0.5) is 0 Å². The highest BCUT2D eigenvalue weighted by Gasteiger charge is 2.36. The number of rotatable bonds is 4. The second-order valence-electron chi connectivity index (χ2n) is 4.27. The number of aldehydes is 1. The van der Waals surface area contributed by atoms with E-state index in [0.717, 1.165) is 12.8 Å².